The van der Waals surface area contributed by atoms with Gasteiger partial charge in [-0.3, -0.25) is 9.48 Å². The van der Waals surface area contributed by atoms with E-state index in [2.05, 4.69) is 10.4 Å². The third kappa shape index (κ3) is 3.83. The molecule has 1 amide bonds. The third-order valence-corrected chi connectivity index (χ3v) is 2.78. The van der Waals surface area contributed by atoms with Crippen LogP contribution in [0.2, 0.25) is 5.02 Å². The molecule has 2 rings (SSSR count). The molecule has 0 fully saturated rings. The van der Waals surface area contributed by atoms with E-state index in [9.17, 15) is 4.79 Å². The highest BCUT2D eigenvalue weighted by Gasteiger charge is 2.06. The van der Waals surface area contributed by atoms with Crippen LogP contribution in [-0.4, -0.2) is 21.7 Å². The van der Waals surface area contributed by atoms with Gasteiger partial charge in [0.15, 0.2) is 0 Å². The van der Waals surface area contributed by atoms with Gasteiger partial charge < -0.3 is 5.32 Å². The first-order chi connectivity index (χ1) is 9.04. The Morgan fingerprint density at radius 1 is 1.37 bits per heavy atom. The second-order valence-electron chi connectivity index (χ2n) is 4.68. The van der Waals surface area contributed by atoms with Crippen molar-refractivity contribution in [3.8, 4) is 0 Å². The molecular formula is C14H16ClN3O. The SMILES string of the molecule is CC(C)NC(=O)c1ccc(Cn2cc(Cl)cn2)cc1. The first-order valence-electron chi connectivity index (χ1n) is 6.12. The Labute approximate surface area is 117 Å². The molecule has 5 heteroatoms. The van der Waals surface area contributed by atoms with Gasteiger partial charge in [0.05, 0.1) is 17.8 Å². The van der Waals surface area contributed by atoms with Crippen molar-refractivity contribution in [3.63, 3.8) is 0 Å². The van der Waals surface area contributed by atoms with Gasteiger partial charge in [-0.25, -0.2) is 0 Å². The Hall–Kier alpha value is -1.81. The second-order valence-corrected chi connectivity index (χ2v) is 5.12. The number of nitrogens with one attached hydrogen (secondary N) is 1. The van der Waals surface area contributed by atoms with Crippen LogP contribution >= 0.6 is 11.6 Å². The molecule has 4 nitrogen and oxygen atoms in total. The van der Waals surface area contributed by atoms with Crippen LogP contribution < -0.4 is 5.32 Å². The quantitative estimate of drug-likeness (QED) is 0.934. The summed E-state index contributed by atoms with van der Waals surface area (Å²) in [5.41, 5.74) is 1.73. The molecule has 0 bridgehead atoms. The van der Waals surface area contributed by atoms with Crippen LogP contribution in [0.3, 0.4) is 0 Å². The molecule has 0 spiro atoms. The van der Waals surface area contributed by atoms with Crippen molar-refractivity contribution in [1.82, 2.24) is 15.1 Å². The van der Waals surface area contributed by atoms with Gasteiger partial charge in [-0.05, 0) is 31.5 Å². The fourth-order valence-electron chi connectivity index (χ4n) is 1.72. The smallest absolute Gasteiger partial charge is 0.251 e. The van der Waals surface area contributed by atoms with Crippen LogP contribution in [0.15, 0.2) is 36.7 Å². The summed E-state index contributed by atoms with van der Waals surface area (Å²) in [5.74, 6) is -0.0521. The Bertz CT molecular complexity index is 560. The molecule has 0 aliphatic carbocycles. The molecule has 2 aromatic rings. The van der Waals surface area contributed by atoms with Gasteiger partial charge in [0.1, 0.15) is 0 Å². The summed E-state index contributed by atoms with van der Waals surface area (Å²) < 4.78 is 1.76. The maximum atomic E-state index is 11.8. The van der Waals surface area contributed by atoms with Gasteiger partial charge in [0, 0.05) is 17.8 Å². The Kier molecular flexibility index (Phi) is 4.22. The molecule has 1 heterocycles. The van der Waals surface area contributed by atoms with E-state index in [1.54, 1.807) is 17.1 Å². The van der Waals surface area contributed by atoms with Crippen LogP contribution in [0, 0.1) is 0 Å². The van der Waals surface area contributed by atoms with Crippen molar-refractivity contribution >= 4 is 17.5 Å². The molecule has 1 aromatic carbocycles. The standard InChI is InChI=1S/C14H16ClN3O/c1-10(2)17-14(19)12-5-3-11(4-6-12)8-18-9-13(15)7-16-18/h3-7,9-10H,8H2,1-2H3,(H,17,19). The Morgan fingerprint density at radius 3 is 2.58 bits per heavy atom. The van der Waals surface area contributed by atoms with E-state index < -0.39 is 0 Å². The first-order valence-corrected chi connectivity index (χ1v) is 6.50. The summed E-state index contributed by atoms with van der Waals surface area (Å²) in [6, 6.07) is 7.62. The number of aromatic nitrogens is 2. The molecule has 1 N–H and O–H groups in total. The van der Waals surface area contributed by atoms with E-state index in [-0.39, 0.29) is 11.9 Å². The summed E-state index contributed by atoms with van der Waals surface area (Å²) in [7, 11) is 0. The zero-order chi connectivity index (χ0) is 13.8. The summed E-state index contributed by atoms with van der Waals surface area (Å²) >= 11 is 5.81. The zero-order valence-corrected chi connectivity index (χ0v) is 11.7. The fraction of sp³-hybridized carbons (Fsp3) is 0.286. The van der Waals surface area contributed by atoms with Crippen molar-refractivity contribution in [3.05, 3.63) is 52.8 Å². The highest BCUT2D eigenvalue weighted by molar-refractivity contribution is 6.30. The van der Waals surface area contributed by atoms with Gasteiger partial charge in [0.2, 0.25) is 0 Å². The molecule has 0 aliphatic heterocycles. The number of hydrogen-bond donors (Lipinski definition) is 1. The highest BCUT2D eigenvalue weighted by Crippen LogP contribution is 2.09. The topological polar surface area (TPSA) is 46.9 Å². The summed E-state index contributed by atoms with van der Waals surface area (Å²) in [6.45, 7) is 4.51. The third-order valence-electron chi connectivity index (χ3n) is 2.58. The predicted molar refractivity (Wildman–Crippen MR) is 75.4 cm³/mol. The van der Waals surface area contributed by atoms with E-state index in [0.29, 0.717) is 17.1 Å². The van der Waals surface area contributed by atoms with E-state index in [4.69, 9.17) is 11.6 Å². The van der Waals surface area contributed by atoms with Crippen molar-refractivity contribution in [1.29, 1.82) is 0 Å². The number of benzene rings is 1. The van der Waals surface area contributed by atoms with E-state index in [1.807, 2.05) is 38.1 Å². The van der Waals surface area contributed by atoms with Crippen LogP contribution in [0.4, 0.5) is 0 Å². The minimum Gasteiger partial charge on any atom is -0.350 e. The van der Waals surface area contributed by atoms with Crippen molar-refractivity contribution in [2.24, 2.45) is 0 Å². The van der Waals surface area contributed by atoms with Crippen molar-refractivity contribution < 1.29 is 4.79 Å². The average molecular weight is 278 g/mol. The number of amides is 1. The lowest BCUT2D eigenvalue weighted by Crippen LogP contribution is -2.29. The lowest BCUT2D eigenvalue weighted by molar-refractivity contribution is 0.0943. The lowest BCUT2D eigenvalue weighted by atomic mass is 10.1. The van der Waals surface area contributed by atoms with E-state index in [0.717, 1.165) is 5.56 Å². The number of nitrogens with zero attached hydrogens (tertiary/aromatic N) is 2. The molecular weight excluding hydrogens is 262 g/mol. The molecule has 0 atom stereocenters. The molecule has 0 saturated carbocycles. The summed E-state index contributed by atoms with van der Waals surface area (Å²) in [4.78, 5) is 11.8. The minimum atomic E-state index is -0.0521. The van der Waals surface area contributed by atoms with Gasteiger partial charge in [0.25, 0.3) is 5.91 Å². The normalized spacial score (nSPS) is 10.7. The summed E-state index contributed by atoms with van der Waals surface area (Å²) in [6.07, 6.45) is 3.37. The van der Waals surface area contributed by atoms with Gasteiger partial charge in [-0.15, -0.1) is 0 Å². The maximum Gasteiger partial charge on any atom is 0.251 e. The summed E-state index contributed by atoms with van der Waals surface area (Å²) in [5, 5.41) is 7.59. The molecule has 19 heavy (non-hydrogen) atoms. The van der Waals surface area contributed by atoms with Gasteiger partial charge in [-0.2, -0.15) is 5.10 Å². The molecule has 0 aliphatic rings. The van der Waals surface area contributed by atoms with Crippen LogP contribution in [0.1, 0.15) is 29.8 Å². The van der Waals surface area contributed by atoms with Crippen molar-refractivity contribution in [2.75, 3.05) is 0 Å². The zero-order valence-electron chi connectivity index (χ0n) is 10.9. The molecule has 0 radical (unpaired) electrons. The second kappa shape index (κ2) is 5.89. The number of rotatable bonds is 4. The van der Waals surface area contributed by atoms with Crippen molar-refractivity contribution in [2.45, 2.75) is 26.4 Å². The van der Waals surface area contributed by atoms with Gasteiger partial charge >= 0.3 is 0 Å². The Balaban J connectivity index is 2.04. The van der Waals surface area contributed by atoms with E-state index >= 15 is 0 Å². The minimum absolute atomic E-state index is 0.0521. The number of carbonyl (C=O) groups excluding carboxylic acids is 1. The predicted octanol–water partition coefficient (Wildman–Crippen LogP) is 2.72. The Morgan fingerprint density at radius 2 is 2.05 bits per heavy atom. The monoisotopic (exact) mass is 277 g/mol. The van der Waals surface area contributed by atoms with Crippen LogP contribution in [0.25, 0.3) is 0 Å². The molecule has 0 unspecified atom stereocenters. The average Bonchev–Trinajstić information content (AvgIpc) is 2.75. The number of hydrogen-bond acceptors (Lipinski definition) is 2. The first kappa shape index (κ1) is 13.6. The van der Waals surface area contributed by atoms with Crippen LogP contribution in [-0.2, 0) is 6.54 Å². The van der Waals surface area contributed by atoms with E-state index in [1.165, 1.54) is 0 Å². The van der Waals surface area contributed by atoms with Crippen LogP contribution in [0.5, 0.6) is 0 Å². The molecule has 100 valence electrons. The molecule has 1 aromatic heterocycles. The largest absolute Gasteiger partial charge is 0.350 e. The number of halogens is 1. The fourth-order valence-corrected chi connectivity index (χ4v) is 1.88. The number of carbonyl (C=O) groups is 1. The highest BCUT2D eigenvalue weighted by atomic mass is 35.5. The van der Waals surface area contributed by atoms with Gasteiger partial charge in [-0.1, -0.05) is 23.7 Å². The maximum absolute atomic E-state index is 11.8. The lowest BCUT2D eigenvalue weighted by Gasteiger charge is -2.08. The molecule has 0 saturated heterocycles.